The lowest BCUT2D eigenvalue weighted by molar-refractivity contribution is -0.137. The van der Waals surface area contributed by atoms with E-state index in [1.807, 2.05) is 30.3 Å². The molecule has 2 aromatic rings. The average molecular weight is 407 g/mol. The summed E-state index contributed by atoms with van der Waals surface area (Å²) in [6.07, 6.45) is 3.14. The second-order valence-electron chi connectivity index (χ2n) is 6.95. The van der Waals surface area contributed by atoms with Crippen molar-refractivity contribution in [3.8, 4) is 0 Å². The first-order valence-electron chi connectivity index (χ1n) is 9.31. The Morgan fingerprint density at radius 3 is 2.75 bits per heavy atom. The number of hydrogen-bond acceptors (Lipinski definition) is 6. The number of oxime groups is 1. The Labute approximate surface area is 167 Å². The van der Waals surface area contributed by atoms with Gasteiger partial charge in [-0.15, -0.1) is 0 Å². The zero-order chi connectivity index (χ0) is 19.9. The maximum absolute atomic E-state index is 11.4. The van der Waals surface area contributed by atoms with E-state index in [9.17, 15) is 9.90 Å². The summed E-state index contributed by atoms with van der Waals surface area (Å²) in [5.74, 6) is -0.757. The average Bonchev–Trinajstić information content (AvgIpc) is 3.44. The first-order valence-corrected chi connectivity index (χ1v) is 9.68. The van der Waals surface area contributed by atoms with Gasteiger partial charge in [0.2, 0.25) is 10.9 Å². The summed E-state index contributed by atoms with van der Waals surface area (Å²) in [5, 5.41) is 25.2. The minimum Gasteiger partial charge on any atom is -0.481 e. The maximum atomic E-state index is 11.4. The third kappa shape index (κ3) is 5.33. The molecule has 1 unspecified atom stereocenters. The summed E-state index contributed by atoms with van der Waals surface area (Å²) >= 11 is 5.93. The normalized spacial score (nSPS) is 15.5. The Kier molecular flexibility index (Phi) is 7.06. The Bertz CT molecular complexity index is 817. The standard InChI is InChI=1S/C20H23ClN2O5/c21-20(22-26)19-17(14-8-9-14)18(23-28-19)15(11-16(24)25)7-4-10-27-12-13-5-2-1-3-6-13/h1-3,5-6,14-15,26H,4,7-12H2,(H,24,25). The molecule has 1 saturated carbocycles. The van der Waals surface area contributed by atoms with Crippen LogP contribution in [0.25, 0.3) is 0 Å². The number of rotatable bonds is 11. The Hall–Kier alpha value is -2.38. The van der Waals surface area contributed by atoms with E-state index in [0.717, 1.165) is 24.0 Å². The lowest BCUT2D eigenvalue weighted by Crippen LogP contribution is -2.10. The van der Waals surface area contributed by atoms with E-state index >= 15 is 0 Å². The molecule has 1 aromatic heterocycles. The fourth-order valence-corrected chi connectivity index (χ4v) is 3.44. The molecule has 7 nitrogen and oxygen atoms in total. The van der Waals surface area contributed by atoms with Gasteiger partial charge in [-0.05, 0) is 37.2 Å². The molecular weight excluding hydrogens is 384 g/mol. The Morgan fingerprint density at radius 1 is 1.36 bits per heavy atom. The van der Waals surface area contributed by atoms with E-state index in [1.165, 1.54) is 0 Å². The number of aliphatic carboxylic acids is 1. The number of carbonyl (C=O) groups is 1. The van der Waals surface area contributed by atoms with Gasteiger partial charge in [0.1, 0.15) is 0 Å². The van der Waals surface area contributed by atoms with Crippen LogP contribution in [0.3, 0.4) is 0 Å². The largest absolute Gasteiger partial charge is 0.481 e. The second kappa shape index (κ2) is 9.71. The van der Waals surface area contributed by atoms with E-state index in [4.69, 9.17) is 26.1 Å². The van der Waals surface area contributed by atoms with E-state index in [-0.39, 0.29) is 29.2 Å². The molecule has 1 fully saturated rings. The van der Waals surface area contributed by atoms with E-state index in [0.29, 0.717) is 31.7 Å². The quantitative estimate of drug-likeness (QED) is 0.246. The van der Waals surface area contributed by atoms with Crippen LogP contribution in [0.1, 0.15) is 66.5 Å². The van der Waals surface area contributed by atoms with Gasteiger partial charge in [0.05, 0.1) is 18.7 Å². The summed E-state index contributed by atoms with van der Waals surface area (Å²) < 4.78 is 11.0. The van der Waals surface area contributed by atoms with E-state index < -0.39 is 5.97 Å². The van der Waals surface area contributed by atoms with Crippen molar-refractivity contribution in [2.24, 2.45) is 5.16 Å². The molecule has 1 aliphatic carbocycles. The van der Waals surface area contributed by atoms with Crippen LogP contribution in [-0.4, -0.2) is 33.2 Å². The van der Waals surface area contributed by atoms with Crippen LogP contribution in [0.4, 0.5) is 0 Å². The lowest BCUT2D eigenvalue weighted by Gasteiger charge is -2.14. The highest BCUT2D eigenvalue weighted by molar-refractivity contribution is 6.69. The van der Waals surface area contributed by atoms with Crippen molar-refractivity contribution >= 4 is 22.7 Å². The van der Waals surface area contributed by atoms with Crippen LogP contribution in [0.15, 0.2) is 40.0 Å². The third-order valence-corrected chi connectivity index (χ3v) is 5.02. The molecule has 1 atom stereocenters. The number of carboxylic acids is 1. The summed E-state index contributed by atoms with van der Waals surface area (Å²) in [6.45, 7) is 1.04. The molecule has 2 N–H and O–H groups in total. The first-order chi connectivity index (χ1) is 13.6. The van der Waals surface area contributed by atoms with Crippen LogP contribution in [0.2, 0.25) is 0 Å². The molecule has 0 bridgehead atoms. The zero-order valence-electron chi connectivity index (χ0n) is 15.4. The van der Waals surface area contributed by atoms with Gasteiger partial charge in [-0.1, -0.05) is 52.2 Å². The van der Waals surface area contributed by atoms with Gasteiger partial charge in [-0.2, -0.15) is 0 Å². The molecule has 1 aliphatic rings. The predicted molar refractivity (Wildman–Crippen MR) is 103 cm³/mol. The first kappa shape index (κ1) is 20.4. The van der Waals surface area contributed by atoms with Crippen LogP contribution < -0.4 is 0 Å². The van der Waals surface area contributed by atoms with Crippen molar-refractivity contribution in [2.45, 2.75) is 50.5 Å². The topological polar surface area (TPSA) is 105 Å². The SMILES string of the molecule is O=C(O)CC(CCCOCc1ccccc1)c1noc(C(Cl)=NO)c1C1CC1. The van der Waals surface area contributed by atoms with Crippen LogP contribution in [0, 0.1) is 0 Å². The summed E-state index contributed by atoms with van der Waals surface area (Å²) in [5.41, 5.74) is 2.48. The summed E-state index contributed by atoms with van der Waals surface area (Å²) in [6, 6.07) is 9.88. The molecule has 0 amide bonds. The molecule has 0 saturated heterocycles. The van der Waals surface area contributed by atoms with Crippen LogP contribution >= 0.6 is 11.6 Å². The van der Waals surface area contributed by atoms with E-state index in [2.05, 4.69) is 10.3 Å². The molecule has 3 rings (SSSR count). The zero-order valence-corrected chi connectivity index (χ0v) is 16.1. The number of benzene rings is 1. The number of nitrogens with zero attached hydrogens (tertiary/aromatic N) is 2. The number of hydrogen-bond donors (Lipinski definition) is 2. The van der Waals surface area contributed by atoms with Gasteiger partial charge in [0, 0.05) is 18.1 Å². The Morgan fingerprint density at radius 2 is 2.11 bits per heavy atom. The minimum atomic E-state index is -0.900. The molecule has 8 heteroatoms. The maximum Gasteiger partial charge on any atom is 0.304 e. The molecule has 150 valence electrons. The molecule has 0 spiro atoms. The number of aromatic nitrogens is 1. The smallest absolute Gasteiger partial charge is 0.304 e. The van der Waals surface area contributed by atoms with Gasteiger partial charge in [0.25, 0.3) is 0 Å². The fourth-order valence-electron chi connectivity index (χ4n) is 3.31. The molecule has 1 aromatic carbocycles. The molecule has 0 aliphatic heterocycles. The van der Waals surface area contributed by atoms with E-state index in [1.54, 1.807) is 0 Å². The number of carboxylic acid groups (broad SMARTS) is 1. The van der Waals surface area contributed by atoms with Crippen LogP contribution in [0.5, 0.6) is 0 Å². The highest BCUT2D eigenvalue weighted by Crippen LogP contribution is 2.46. The highest BCUT2D eigenvalue weighted by Gasteiger charge is 2.36. The lowest BCUT2D eigenvalue weighted by atomic mass is 9.91. The van der Waals surface area contributed by atoms with Crippen molar-refractivity contribution < 1.29 is 24.4 Å². The van der Waals surface area contributed by atoms with Gasteiger partial charge in [-0.3, -0.25) is 4.79 Å². The van der Waals surface area contributed by atoms with Crippen molar-refractivity contribution in [2.75, 3.05) is 6.61 Å². The fraction of sp³-hybridized carbons (Fsp3) is 0.450. The molecule has 28 heavy (non-hydrogen) atoms. The monoisotopic (exact) mass is 406 g/mol. The minimum absolute atomic E-state index is 0.0573. The Balaban J connectivity index is 1.64. The van der Waals surface area contributed by atoms with Crippen LogP contribution in [-0.2, 0) is 16.1 Å². The number of ether oxygens (including phenoxy) is 1. The van der Waals surface area contributed by atoms with Gasteiger partial charge < -0.3 is 19.6 Å². The van der Waals surface area contributed by atoms with Gasteiger partial charge >= 0.3 is 5.97 Å². The second-order valence-corrected chi connectivity index (χ2v) is 7.31. The highest BCUT2D eigenvalue weighted by atomic mass is 35.5. The summed E-state index contributed by atoms with van der Waals surface area (Å²) in [7, 11) is 0. The van der Waals surface area contributed by atoms with Crippen molar-refractivity contribution in [3.05, 3.63) is 52.9 Å². The van der Waals surface area contributed by atoms with Gasteiger partial charge in [0.15, 0.2) is 0 Å². The predicted octanol–water partition coefficient (Wildman–Crippen LogP) is 4.48. The number of halogens is 1. The molecule has 1 heterocycles. The van der Waals surface area contributed by atoms with Crippen molar-refractivity contribution in [3.63, 3.8) is 0 Å². The van der Waals surface area contributed by atoms with Gasteiger partial charge in [-0.25, -0.2) is 0 Å². The molecule has 0 radical (unpaired) electrons. The molecular formula is C20H23ClN2O5. The van der Waals surface area contributed by atoms with Crippen molar-refractivity contribution in [1.29, 1.82) is 0 Å². The third-order valence-electron chi connectivity index (χ3n) is 4.78. The van der Waals surface area contributed by atoms with Crippen molar-refractivity contribution in [1.82, 2.24) is 5.16 Å². The summed E-state index contributed by atoms with van der Waals surface area (Å²) in [4.78, 5) is 11.4.